The topological polar surface area (TPSA) is 95.3 Å². The molecule has 1 rings (SSSR count). The van der Waals surface area contributed by atoms with Gasteiger partial charge < -0.3 is 15.5 Å². The lowest BCUT2D eigenvalue weighted by molar-refractivity contribution is 0.0883. The molecule has 0 aliphatic rings. The van der Waals surface area contributed by atoms with Crippen LogP contribution in [0.2, 0.25) is 0 Å². The second-order valence-corrected chi connectivity index (χ2v) is 3.10. The number of aliphatic hydroxyl groups is 2. The van der Waals surface area contributed by atoms with Gasteiger partial charge in [-0.1, -0.05) is 4.49 Å². The molecule has 0 radical (unpaired) electrons. The molecule has 7 heteroatoms. The summed E-state index contributed by atoms with van der Waals surface area (Å²) >= 11 is 0.958. The number of carbonyl (C=O) groups is 1. The SMILES string of the molecule is O=C(NC(CO)CO)c1cnns1. The first-order valence-corrected chi connectivity index (χ1v) is 4.35. The number of amides is 1. The van der Waals surface area contributed by atoms with Gasteiger partial charge >= 0.3 is 0 Å². The fraction of sp³-hybridized carbons (Fsp3) is 0.500. The van der Waals surface area contributed by atoms with Crippen LogP contribution < -0.4 is 5.32 Å². The lowest BCUT2D eigenvalue weighted by Gasteiger charge is -2.11. The van der Waals surface area contributed by atoms with Crippen LogP contribution in [0.1, 0.15) is 9.67 Å². The van der Waals surface area contributed by atoms with E-state index in [0.717, 1.165) is 11.5 Å². The van der Waals surface area contributed by atoms with Gasteiger partial charge in [0.2, 0.25) is 0 Å². The Morgan fingerprint density at radius 3 is 2.77 bits per heavy atom. The molecule has 0 saturated carbocycles. The third-order valence-electron chi connectivity index (χ3n) is 1.36. The van der Waals surface area contributed by atoms with Crippen LogP contribution in [-0.2, 0) is 0 Å². The highest BCUT2D eigenvalue weighted by Crippen LogP contribution is 2.01. The summed E-state index contributed by atoms with van der Waals surface area (Å²) in [6, 6.07) is -0.630. The number of aliphatic hydroxyl groups excluding tert-OH is 2. The van der Waals surface area contributed by atoms with E-state index in [-0.39, 0.29) is 19.1 Å². The zero-order valence-corrected chi connectivity index (χ0v) is 7.49. The molecule has 0 unspecified atom stereocenters. The van der Waals surface area contributed by atoms with Crippen molar-refractivity contribution in [3.8, 4) is 0 Å². The molecule has 1 heterocycles. The molecule has 0 aliphatic carbocycles. The van der Waals surface area contributed by atoms with Gasteiger partial charge in [-0.15, -0.1) is 5.10 Å². The average molecular weight is 203 g/mol. The number of carbonyl (C=O) groups excluding carboxylic acids is 1. The van der Waals surface area contributed by atoms with E-state index >= 15 is 0 Å². The predicted molar refractivity (Wildman–Crippen MR) is 45.3 cm³/mol. The van der Waals surface area contributed by atoms with Gasteiger partial charge in [-0.3, -0.25) is 4.79 Å². The van der Waals surface area contributed by atoms with Gasteiger partial charge in [-0.25, -0.2) is 0 Å². The summed E-state index contributed by atoms with van der Waals surface area (Å²) in [4.78, 5) is 11.6. The summed E-state index contributed by atoms with van der Waals surface area (Å²) in [5.74, 6) is -0.386. The van der Waals surface area contributed by atoms with Crippen LogP contribution in [0.4, 0.5) is 0 Å². The third kappa shape index (κ3) is 2.72. The standard InChI is InChI=1S/C6H9N3O3S/c10-2-4(3-11)8-6(12)5-1-7-9-13-5/h1,4,10-11H,2-3H2,(H,8,12). The predicted octanol–water partition coefficient (Wildman–Crippen LogP) is -1.38. The zero-order valence-electron chi connectivity index (χ0n) is 6.67. The van der Waals surface area contributed by atoms with Crippen LogP contribution in [-0.4, -0.2) is 45.0 Å². The number of hydrogen-bond acceptors (Lipinski definition) is 6. The van der Waals surface area contributed by atoms with E-state index in [9.17, 15) is 4.79 Å². The van der Waals surface area contributed by atoms with E-state index in [1.54, 1.807) is 0 Å². The van der Waals surface area contributed by atoms with E-state index < -0.39 is 6.04 Å². The molecule has 6 nitrogen and oxygen atoms in total. The smallest absolute Gasteiger partial charge is 0.265 e. The van der Waals surface area contributed by atoms with Crippen molar-refractivity contribution in [2.45, 2.75) is 6.04 Å². The first-order chi connectivity index (χ1) is 6.27. The molecular formula is C6H9N3O3S. The molecule has 0 aliphatic heterocycles. The van der Waals surface area contributed by atoms with E-state index in [1.165, 1.54) is 6.20 Å². The van der Waals surface area contributed by atoms with Crippen LogP contribution in [0, 0.1) is 0 Å². The average Bonchev–Trinajstić information content (AvgIpc) is 2.66. The fourth-order valence-corrected chi connectivity index (χ4v) is 1.09. The number of nitrogens with one attached hydrogen (secondary N) is 1. The van der Waals surface area contributed by atoms with Crippen LogP contribution in [0.15, 0.2) is 6.20 Å². The maximum absolute atomic E-state index is 11.2. The maximum atomic E-state index is 11.2. The number of rotatable bonds is 4. The van der Waals surface area contributed by atoms with Crippen LogP contribution >= 0.6 is 11.5 Å². The van der Waals surface area contributed by atoms with E-state index in [1.807, 2.05) is 0 Å². The summed E-state index contributed by atoms with van der Waals surface area (Å²) < 4.78 is 3.51. The normalized spacial score (nSPS) is 10.4. The Hall–Kier alpha value is -1.05. The molecule has 0 saturated heterocycles. The highest BCUT2D eigenvalue weighted by molar-refractivity contribution is 7.07. The van der Waals surface area contributed by atoms with Crippen molar-refractivity contribution >= 4 is 17.4 Å². The van der Waals surface area contributed by atoms with Crippen LogP contribution in [0.3, 0.4) is 0 Å². The maximum Gasteiger partial charge on any atom is 0.265 e. The number of hydrogen-bond donors (Lipinski definition) is 3. The molecule has 1 amide bonds. The molecule has 72 valence electrons. The Kier molecular flexibility index (Phi) is 3.74. The first kappa shape index (κ1) is 10.0. The lowest BCUT2D eigenvalue weighted by atomic mass is 10.3. The second kappa shape index (κ2) is 4.85. The van der Waals surface area contributed by atoms with Gasteiger partial charge in [0.05, 0.1) is 25.5 Å². The zero-order chi connectivity index (χ0) is 9.68. The van der Waals surface area contributed by atoms with Gasteiger partial charge in [0.15, 0.2) is 0 Å². The first-order valence-electron chi connectivity index (χ1n) is 3.58. The van der Waals surface area contributed by atoms with E-state index in [0.29, 0.717) is 4.88 Å². The summed E-state index contributed by atoms with van der Waals surface area (Å²) in [7, 11) is 0. The minimum Gasteiger partial charge on any atom is -0.394 e. The second-order valence-electron chi connectivity index (χ2n) is 2.32. The highest BCUT2D eigenvalue weighted by Gasteiger charge is 2.13. The van der Waals surface area contributed by atoms with Gasteiger partial charge in [0.1, 0.15) is 4.88 Å². The van der Waals surface area contributed by atoms with Crippen molar-refractivity contribution in [2.24, 2.45) is 0 Å². The molecule has 0 aromatic carbocycles. The minimum atomic E-state index is -0.630. The quantitative estimate of drug-likeness (QED) is 0.560. The molecule has 0 fully saturated rings. The van der Waals surface area contributed by atoms with Gasteiger partial charge in [-0.2, -0.15) is 0 Å². The minimum absolute atomic E-state index is 0.297. The largest absolute Gasteiger partial charge is 0.394 e. The van der Waals surface area contributed by atoms with Gasteiger partial charge in [-0.05, 0) is 11.5 Å². The Morgan fingerprint density at radius 1 is 1.62 bits per heavy atom. The third-order valence-corrected chi connectivity index (χ3v) is 2.02. The van der Waals surface area contributed by atoms with Gasteiger partial charge in [0.25, 0.3) is 5.91 Å². The fourth-order valence-electron chi connectivity index (χ4n) is 0.673. The van der Waals surface area contributed by atoms with Crippen molar-refractivity contribution in [1.82, 2.24) is 14.9 Å². The van der Waals surface area contributed by atoms with Crippen molar-refractivity contribution in [3.63, 3.8) is 0 Å². The Labute approximate surface area is 78.4 Å². The van der Waals surface area contributed by atoms with Crippen LogP contribution in [0.5, 0.6) is 0 Å². The Morgan fingerprint density at radius 2 is 2.31 bits per heavy atom. The van der Waals surface area contributed by atoms with Crippen molar-refractivity contribution < 1.29 is 15.0 Å². The molecule has 3 N–H and O–H groups in total. The monoisotopic (exact) mass is 203 g/mol. The van der Waals surface area contributed by atoms with E-state index in [4.69, 9.17) is 10.2 Å². The Bertz CT molecular complexity index is 260. The van der Waals surface area contributed by atoms with Crippen molar-refractivity contribution in [1.29, 1.82) is 0 Å². The molecule has 0 bridgehead atoms. The number of nitrogens with zero attached hydrogens (tertiary/aromatic N) is 2. The summed E-state index contributed by atoms with van der Waals surface area (Å²) in [6.07, 6.45) is 1.33. The molecule has 1 aromatic heterocycles. The molecule has 1 aromatic rings. The number of aromatic nitrogens is 2. The summed E-state index contributed by atoms with van der Waals surface area (Å²) in [6.45, 7) is -0.594. The van der Waals surface area contributed by atoms with Crippen molar-refractivity contribution in [3.05, 3.63) is 11.1 Å². The van der Waals surface area contributed by atoms with E-state index in [2.05, 4.69) is 14.9 Å². The van der Waals surface area contributed by atoms with Crippen LogP contribution in [0.25, 0.3) is 0 Å². The summed E-state index contributed by atoms with van der Waals surface area (Å²) in [5.41, 5.74) is 0. The van der Waals surface area contributed by atoms with Crippen molar-refractivity contribution in [2.75, 3.05) is 13.2 Å². The highest BCUT2D eigenvalue weighted by atomic mass is 32.1. The lowest BCUT2D eigenvalue weighted by Crippen LogP contribution is -2.39. The van der Waals surface area contributed by atoms with Gasteiger partial charge in [0, 0.05) is 0 Å². The molecular weight excluding hydrogens is 194 g/mol. The summed E-state index contributed by atoms with van der Waals surface area (Å²) in [5, 5.41) is 23.2. The molecule has 0 atom stereocenters. The Balaban J connectivity index is 2.50. The molecule has 0 spiro atoms. The molecule has 13 heavy (non-hydrogen) atoms.